The molecule has 0 bridgehead atoms. The van der Waals surface area contributed by atoms with Gasteiger partial charge in [-0.25, -0.2) is 4.98 Å². The van der Waals surface area contributed by atoms with E-state index in [0.29, 0.717) is 17.1 Å². The SMILES string of the molecule is Cc1ccnc(N)c1C(O)c1ccc(Br)cn1. The van der Waals surface area contributed by atoms with E-state index >= 15 is 0 Å². The molecule has 0 aliphatic carbocycles. The molecule has 0 aliphatic heterocycles. The molecule has 5 heteroatoms. The third kappa shape index (κ3) is 2.45. The van der Waals surface area contributed by atoms with Gasteiger partial charge in [0.15, 0.2) is 0 Å². The van der Waals surface area contributed by atoms with Crippen LogP contribution in [-0.2, 0) is 0 Å². The average molecular weight is 294 g/mol. The number of aliphatic hydroxyl groups excluding tert-OH is 1. The van der Waals surface area contributed by atoms with Crippen molar-refractivity contribution in [3.05, 3.63) is 51.9 Å². The Kier molecular flexibility index (Phi) is 3.40. The largest absolute Gasteiger partial charge is 0.383 e. The lowest BCUT2D eigenvalue weighted by molar-refractivity contribution is 0.215. The van der Waals surface area contributed by atoms with E-state index in [1.807, 2.05) is 19.1 Å². The van der Waals surface area contributed by atoms with E-state index in [-0.39, 0.29) is 0 Å². The molecule has 2 aromatic heterocycles. The van der Waals surface area contributed by atoms with E-state index in [1.165, 1.54) is 0 Å². The predicted molar refractivity (Wildman–Crippen MR) is 69.4 cm³/mol. The van der Waals surface area contributed by atoms with Crippen LogP contribution in [0.3, 0.4) is 0 Å². The van der Waals surface area contributed by atoms with Gasteiger partial charge in [0.2, 0.25) is 0 Å². The molecule has 0 spiro atoms. The number of hydrogen-bond donors (Lipinski definition) is 2. The Hall–Kier alpha value is -1.46. The van der Waals surface area contributed by atoms with Crippen molar-refractivity contribution >= 4 is 21.7 Å². The first-order valence-corrected chi connectivity index (χ1v) is 5.89. The second-order valence-electron chi connectivity index (χ2n) is 3.73. The van der Waals surface area contributed by atoms with E-state index in [2.05, 4.69) is 25.9 Å². The Morgan fingerprint density at radius 1 is 1.29 bits per heavy atom. The molecule has 2 aromatic rings. The molecule has 4 nitrogen and oxygen atoms in total. The Morgan fingerprint density at radius 3 is 2.65 bits per heavy atom. The lowest BCUT2D eigenvalue weighted by atomic mass is 10.0. The van der Waals surface area contributed by atoms with Crippen molar-refractivity contribution in [3.8, 4) is 0 Å². The van der Waals surface area contributed by atoms with Crippen LogP contribution in [0.25, 0.3) is 0 Å². The number of aromatic nitrogens is 2. The Balaban J connectivity index is 2.43. The summed E-state index contributed by atoms with van der Waals surface area (Å²) in [5.74, 6) is 0.335. The first kappa shape index (κ1) is 12.0. The quantitative estimate of drug-likeness (QED) is 0.890. The van der Waals surface area contributed by atoms with Crippen LogP contribution < -0.4 is 5.73 Å². The molecule has 2 heterocycles. The zero-order valence-electron chi connectivity index (χ0n) is 9.26. The van der Waals surface area contributed by atoms with E-state index in [9.17, 15) is 5.11 Å². The molecule has 0 amide bonds. The minimum absolute atomic E-state index is 0.335. The molecule has 0 aromatic carbocycles. The van der Waals surface area contributed by atoms with Gasteiger partial charge in [-0.2, -0.15) is 0 Å². The Labute approximate surface area is 108 Å². The summed E-state index contributed by atoms with van der Waals surface area (Å²) in [7, 11) is 0. The highest BCUT2D eigenvalue weighted by molar-refractivity contribution is 9.10. The maximum atomic E-state index is 10.2. The highest BCUT2D eigenvalue weighted by atomic mass is 79.9. The van der Waals surface area contributed by atoms with Gasteiger partial charge >= 0.3 is 0 Å². The van der Waals surface area contributed by atoms with Crippen LogP contribution in [0.2, 0.25) is 0 Å². The van der Waals surface area contributed by atoms with Gasteiger partial charge in [-0.1, -0.05) is 0 Å². The summed E-state index contributed by atoms with van der Waals surface area (Å²) in [6, 6.07) is 5.39. The zero-order valence-corrected chi connectivity index (χ0v) is 10.8. The standard InChI is InChI=1S/C12H12BrN3O/c1-7-4-5-15-12(14)10(7)11(17)9-3-2-8(13)6-16-9/h2-6,11,17H,1H3,(H2,14,15). The molecular weight excluding hydrogens is 282 g/mol. The fourth-order valence-corrected chi connectivity index (χ4v) is 1.88. The van der Waals surface area contributed by atoms with Crippen molar-refractivity contribution in [2.75, 3.05) is 5.73 Å². The minimum Gasteiger partial charge on any atom is -0.383 e. The zero-order chi connectivity index (χ0) is 12.4. The minimum atomic E-state index is -0.850. The number of hydrogen-bond acceptors (Lipinski definition) is 4. The number of aliphatic hydroxyl groups is 1. The number of nitrogen functional groups attached to an aromatic ring is 1. The molecule has 0 saturated carbocycles. The summed E-state index contributed by atoms with van der Waals surface area (Å²) in [4.78, 5) is 8.14. The molecule has 0 aliphatic rings. The van der Waals surface area contributed by atoms with Crippen molar-refractivity contribution < 1.29 is 5.11 Å². The van der Waals surface area contributed by atoms with Crippen molar-refractivity contribution in [1.82, 2.24) is 9.97 Å². The molecule has 0 saturated heterocycles. The summed E-state index contributed by atoms with van der Waals surface area (Å²) in [6.07, 6.45) is 2.41. The molecule has 0 fully saturated rings. The first-order valence-electron chi connectivity index (χ1n) is 5.10. The molecule has 0 radical (unpaired) electrons. The number of rotatable bonds is 2. The highest BCUT2D eigenvalue weighted by Gasteiger charge is 2.17. The van der Waals surface area contributed by atoms with Gasteiger partial charge in [-0.3, -0.25) is 4.98 Å². The summed E-state index contributed by atoms with van der Waals surface area (Å²) < 4.78 is 0.865. The third-order valence-corrected chi connectivity index (χ3v) is 3.01. The van der Waals surface area contributed by atoms with Crippen LogP contribution in [-0.4, -0.2) is 15.1 Å². The van der Waals surface area contributed by atoms with Crippen molar-refractivity contribution in [2.24, 2.45) is 0 Å². The highest BCUT2D eigenvalue weighted by Crippen LogP contribution is 2.27. The number of pyridine rings is 2. The third-order valence-electron chi connectivity index (χ3n) is 2.54. The van der Waals surface area contributed by atoms with Gasteiger partial charge in [-0.15, -0.1) is 0 Å². The topological polar surface area (TPSA) is 72.0 Å². The van der Waals surface area contributed by atoms with Gasteiger partial charge in [0.05, 0.1) is 5.69 Å². The van der Waals surface area contributed by atoms with Crippen molar-refractivity contribution in [2.45, 2.75) is 13.0 Å². The van der Waals surface area contributed by atoms with E-state index in [4.69, 9.17) is 5.73 Å². The molecule has 17 heavy (non-hydrogen) atoms. The smallest absolute Gasteiger partial charge is 0.129 e. The molecular formula is C12H12BrN3O. The van der Waals surface area contributed by atoms with Crippen LogP contribution in [0.1, 0.15) is 22.9 Å². The maximum absolute atomic E-state index is 10.2. The van der Waals surface area contributed by atoms with Crippen molar-refractivity contribution in [3.63, 3.8) is 0 Å². The number of anilines is 1. The Bertz CT molecular complexity index is 508. The van der Waals surface area contributed by atoms with E-state index < -0.39 is 6.10 Å². The molecule has 1 atom stereocenters. The summed E-state index contributed by atoms with van der Waals surface area (Å²) in [6.45, 7) is 1.88. The summed E-state index contributed by atoms with van der Waals surface area (Å²) >= 11 is 3.30. The van der Waals surface area contributed by atoms with Crippen molar-refractivity contribution in [1.29, 1.82) is 0 Å². The summed E-state index contributed by atoms with van der Waals surface area (Å²) in [5.41, 5.74) is 7.84. The second-order valence-corrected chi connectivity index (χ2v) is 4.65. The number of nitrogens with zero attached hydrogens (tertiary/aromatic N) is 2. The van der Waals surface area contributed by atoms with Gasteiger partial charge in [0, 0.05) is 22.4 Å². The molecule has 2 rings (SSSR count). The number of nitrogens with two attached hydrogens (primary N) is 1. The molecule has 1 unspecified atom stereocenters. The average Bonchev–Trinajstić information content (AvgIpc) is 2.29. The van der Waals surface area contributed by atoms with E-state index in [0.717, 1.165) is 10.0 Å². The fourth-order valence-electron chi connectivity index (χ4n) is 1.64. The van der Waals surface area contributed by atoms with Crippen LogP contribution in [0.4, 0.5) is 5.82 Å². The van der Waals surface area contributed by atoms with Gasteiger partial charge in [-0.05, 0) is 46.6 Å². The summed E-state index contributed by atoms with van der Waals surface area (Å²) in [5, 5.41) is 10.2. The number of halogens is 1. The van der Waals surface area contributed by atoms with Gasteiger partial charge < -0.3 is 10.8 Å². The normalized spacial score (nSPS) is 12.4. The van der Waals surface area contributed by atoms with Gasteiger partial charge in [0.1, 0.15) is 11.9 Å². The van der Waals surface area contributed by atoms with E-state index in [1.54, 1.807) is 18.5 Å². The Morgan fingerprint density at radius 2 is 2.06 bits per heavy atom. The fraction of sp³-hybridized carbons (Fsp3) is 0.167. The van der Waals surface area contributed by atoms with Crippen LogP contribution in [0.5, 0.6) is 0 Å². The predicted octanol–water partition coefficient (Wildman–Crippen LogP) is 2.21. The second kappa shape index (κ2) is 4.81. The number of aryl methyl sites for hydroxylation is 1. The lowest BCUT2D eigenvalue weighted by Gasteiger charge is -2.14. The van der Waals surface area contributed by atoms with Crippen LogP contribution in [0.15, 0.2) is 35.1 Å². The van der Waals surface area contributed by atoms with Crippen LogP contribution in [0, 0.1) is 6.92 Å². The lowest BCUT2D eigenvalue weighted by Crippen LogP contribution is -2.08. The first-order chi connectivity index (χ1) is 8.09. The maximum Gasteiger partial charge on any atom is 0.129 e. The molecule has 3 N–H and O–H groups in total. The van der Waals surface area contributed by atoms with Crippen LogP contribution >= 0.6 is 15.9 Å². The molecule has 88 valence electrons. The van der Waals surface area contributed by atoms with Gasteiger partial charge in [0.25, 0.3) is 0 Å². The monoisotopic (exact) mass is 293 g/mol.